The number of thiazole rings is 1. The average molecular weight is 416 g/mol. The summed E-state index contributed by atoms with van der Waals surface area (Å²) < 4.78 is 5.32. The number of benzene rings is 1. The van der Waals surface area contributed by atoms with Crippen LogP contribution in [0, 0.1) is 0 Å². The summed E-state index contributed by atoms with van der Waals surface area (Å²) in [6.45, 7) is 4.78. The van der Waals surface area contributed by atoms with Gasteiger partial charge in [0.15, 0.2) is 5.13 Å². The molecule has 29 heavy (non-hydrogen) atoms. The number of anilines is 1. The molecule has 2 fully saturated rings. The molecule has 1 N–H and O–H groups in total. The molecule has 0 unspecified atom stereocenters. The van der Waals surface area contributed by atoms with Crippen molar-refractivity contribution in [2.24, 2.45) is 0 Å². The minimum absolute atomic E-state index is 0.0444. The molecule has 3 heterocycles. The lowest BCUT2D eigenvalue weighted by molar-refractivity contribution is 0.0437. The van der Waals surface area contributed by atoms with Crippen LogP contribution in [-0.2, 0) is 4.74 Å². The van der Waals surface area contributed by atoms with Crippen molar-refractivity contribution in [1.82, 2.24) is 19.7 Å². The summed E-state index contributed by atoms with van der Waals surface area (Å²) in [5.41, 5.74) is 1.88. The fourth-order valence-corrected chi connectivity index (χ4v) is 4.22. The van der Waals surface area contributed by atoms with Crippen molar-refractivity contribution in [3.8, 4) is 11.3 Å². The lowest BCUT2D eigenvalue weighted by Gasteiger charge is -2.32. The number of nitrogens with zero attached hydrogens (tertiary/aromatic N) is 4. The summed E-state index contributed by atoms with van der Waals surface area (Å²) >= 11 is 1.41. The number of carbonyl (C=O) groups is 2. The largest absolute Gasteiger partial charge is 0.378 e. The Morgan fingerprint density at radius 3 is 2.41 bits per heavy atom. The van der Waals surface area contributed by atoms with E-state index in [4.69, 9.17) is 4.74 Å². The molecule has 9 heteroatoms. The summed E-state index contributed by atoms with van der Waals surface area (Å²) in [4.78, 5) is 35.3. The van der Waals surface area contributed by atoms with Gasteiger partial charge in [-0.25, -0.2) is 14.6 Å². The van der Waals surface area contributed by atoms with E-state index in [0.717, 1.165) is 17.7 Å². The van der Waals surface area contributed by atoms with Gasteiger partial charge in [-0.2, -0.15) is 0 Å². The van der Waals surface area contributed by atoms with E-state index in [1.54, 1.807) is 4.90 Å². The molecule has 4 amide bonds. The van der Waals surface area contributed by atoms with E-state index >= 15 is 0 Å². The smallest absolute Gasteiger partial charge is 0.323 e. The molecule has 154 valence electrons. The lowest BCUT2D eigenvalue weighted by atomic mass is 10.2. The van der Waals surface area contributed by atoms with Crippen molar-refractivity contribution in [3.63, 3.8) is 0 Å². The lowest BCUT2D eigenvalue weighted by Crippen LogP contribution is -2.49. The Hall–Kier alpha value is -2.65. The third-order valence-corrected chi connectivity index (χ3v) is 5.88. The van der Waals surface area contributed by atoms with Crippen LogP contribution in [0.3, 0.4) is 0 Å². The van der Waals surface area contributed by atoms with Gasteiger partial charge in [-0.05, 0) is 6.42 Å². The van der Waals surface area contributed by atoms with Crippen molar-refractivity contribution in [1.29, 1.82) is 0 Å². The van der Waals surface area contributed by atoms with E-state index in [0.29, 0.717) is 57.6 Å². The Bertz CT molecular complexity index is 838. The number of rotatable bonds is 2. The maximum absolute atomic E-state index is 12.7. The number of aromatic nitrogens is 1. The second-order valence-electron chi connectivity index (χ2n) is 7.04. The number of hydrogen-bond donors (Lipinski definition) is 1. The third-order valence-electron chi connectivity index (χ3n) is 5.12. The van der Waals surface area contributed by atoms with Gasteiger partial charge in [0, 0.05) is 50.2 Å². The molecule has 2 aliphatic rings. The average Bonchev–Trinajstić information content (AvgIpc) is 3.09. The molecule has 2 aromatic rings. The summed E-state index contributed by atoms with van der Waals surface area (Å²) in [5, 5.41) is 5.42. The molecule has 2 aliphatic heterocycles. The Labute approximate surface area is 174 Å². The number of ether oxygens (including phenoxy) is 1. The van der Waals surface area contributed by atoms with Gasteiger partial charge in [-0.3, -0.25) is 5.32 Å². The zero-order chi connectivity index (χ0) is 20.1. The number of hydrogen-bond acceptors (Lipinski definition) is 5. The highest BCUT2D eigenvalue weighted by molar-refractivity contribution is 7.14. The van der Waals surface area contributed by atoms with Crippen molar-refractivity contribution < 1.29 is 14.3 Å². The third kappa shape index (κ3) is 4.86. The SMILES string of the molecule is O=C(Nc1nc(-c2ccccc2)cs1)N1CCCN(C(=O)N2CCOCC2)CC1. The molecule has 0 aliphatic carbocycles. The summed E-state index contributed by atoms with van der Waals surface area (Å²) in [6.07, 6.45) is 0.761. The van der Waals surface area contributed by atoms with Crippen molar-refractivity contribution in [3.05, 3.63) is 35.7 Å². The Kier molecular flexibility index (Phi) is 6.26. The van der Waals surface area contributed by atoms with Crippen molar-refractivity contribution in [2.45, 2.75) is 6.42 Å². The van der Waals surface area contributed by atoms with Gasteiger partial charge >= 0.3 is 12.1 Å². The number of amides is 4. The molecule has 0 saturated carbocycles. The van der Waals surface area contributed by atoms with Gasteiger partial charge < -0.3 is 19.4 Å². The van der Waals surface area contributed by atoms with Crippen molar-refractivity contribution >= 4 is 28.5 Å². The van der Waals surface area contributed by atoms with E-state index in [-0.39, 0.29) is 12.1 Å². The van der Waals surface area contributed by atoms with Gasteiger partial charge in [0.2, 0.25) is 0 Å². The minimum atomic E-state index is -0.167. The Morgan fingerprint density at radius 2 is 1.62 bits per heavy atom. The fourth-order valence-electron chi connectivity index (χ4n) is 3.51. The van der Waals surface area contributed by atoms with Gasteiger partial charge in [0.1, 0.15) is 0 Å². The molecular formula is C20H25N5O3S. The molecular weight excluding hydrogens is 390 g/mol. The summed E-state index contributed by atoms with van der Waals surface area (Å²) in [7, 11) is 0. The predicted octanol–water partition coefficient (Wildman–Crippen LogP) is 2.80. The molecule has 2 saturated heterocycles. The van der Waals surface area contributed by atoms with Crippen LogP contribution >= 0.6 is 11.3 Å². The number of morpholine rings is 1. The van der Waals surface area contributed by atoms with Crippen LogP contribution in [0.15, 0.2) is 35.7 Å². The van der Waals surface area contributed by atoms with E-state index in [2.05, 4.69) is 10.3 Å². The number of urea groups is 2. The van der Waals surface area contributed by atoms with Crippen LogP contribution in [0.1, 0.15) is 6.42 Å². The second kappa shape index (κ2) is 9.23. The van der Waals surface area contributed by atoms with Gasteiger partial charge in [-0.15, -0.1) is 11.3 Å². The van der Waals surface area contributed by atoms with Crippen molar-refractivity contribution in [2.75, 3.05) is 57.8 Å². The quantitative estimate of drug-likeness (QED) is 0.818. The maximum Gasteiger partial charge on any atom is 0.323 e. The van der Waals surface area contributed by atoms with E-state index in [1.807, 2.05) is 45.5 Å². The molecule has 4 rings (SSSR count). The predicted molar refractivity (Wildman–Crippen MR) is 112 cm³/mol. The van der Waals surface area contributed by atoms with E-state index in [1.165, 1.54) is 11.3 Å². The van der Waals surface area contributed by atoms with E-state index in [9.17, 15) is 9.59 Å². The zero-order valence-electron chi connectivity index (χ0n) is 16.2. The Balaban J connectivity index is 1.32. The highest BCUT2D eigenvalue weighted by Gasteiger charge is 2.26. The normalized spacial score (nSPS) is 17.7. The molecule has 8 nitrogen and oxygen atoms in total. The Morgan fingerprint density at radius 1 is 0.931 bits per heavy atom. The van der Waals surface area contributed by atoms with E-state index < -0.39 is 0 Å². The molecule has 1 aromatic heterocycles. The van der Waals surface area contributed by atoms with Gasteiger partial charge in [0.25, 0.3) is 0 Å². The van der Waals surface area contributed by atoms with Crippen LogP contribution in [-0.4, -0.2) is 84.2 Å². The second-order valence-corrected chi connectivity index (χ2v) is 7.90. The maximum atomic E-state index is 12.7. The van der Waals surface area contributed by atoms with Crippen LogP contribution < -0.4 is 5.32 Å². The molecule has 0 bridgehead atoms. The summed E-state index contributed by atoms with van der Waals surface area (Å²) in [5.74, 6) is 0. The molecule has 0 radical (unpaired) electrons. The topological polar surface area (TPSA) is 78.0 Å². The van der Waals surface area contributed by atoms with Crippen LogP contribution in [0.5, 0.6) is 0 Å². The van der Waals surface area contributed by atoms with Crippen LogP contribution in [0.4, 0.5) is 14.7 Å². The standard InChI is InChI=1S/C20H25N5O3S/c26-19(22-18-21-17(15-29-18)16-5-2-1-3-6-16)23-7-4-8-24(10-9-23)20(27)25-11-13-28-14-12-25/h1-3,5-6,15H,4,7-14H2,(H,21,22,26). The molecule has 0 atom stereocenters. The first kappa shape index (κ1) is 19.7. The highest BCUT2D eigenvalue weighted by Crippen LogP contribution is 2.24. The fraction of sp³-hybridized carbons (Fsp3) is 0.450. The van der Waals surface area contributed by atoms with Crippen LogP contribution in [0.2, 0.25) is 0 Å². The first-order valence-corrected chi connectivity index (χ1v) is 10.8. The highest BCUT2D eigenvalue weighted by atomic mass is 32.1. The first-order valence-electron chi connectivity index (χ1n) is 9.89. The molecule has 1 aromatic carbocycles. The first-order chi connectivity index (χ1) is 14.2. The van der Waals surface area contributed by atoms with Gasteiger partial charge in [-0.1, -0.05) is 30.3 Å². The number of nitrogens with one attached hydrogen (secondary N) is 1. The van der Waals surface area contributed by atoms with Crippen LogP contribution in [0.25, 0.3) is 11.3 Å². The number of carbonyl (C=O) groups excluding carboxylic acids is 2. The monoisotopic (exact) mass is 415 g/mol. The molecule has 0 spiro atoms. The summed E-state index contributed by atoms with van der Waals surface area (Å²) in [6, 6.07) is 9.76. The minimum Gasteiger partial charge on any atom is -0.378 e. The zero-order valence-corrected chi connectivity index (χ0v) is 17.1. The van der Waals surface area contributed by atoms with Gasteiger partial charge in [0.05, 0.1) is 18.9 Å².